The normalized spacial score (nSPS) is 14.2. The lowest BCUT2D eigenvalue weighted by molar-refractivity contribution is 0.167. The summed E-state index contributed by atoms with van der Waals surface area (Å²) in [5, 5.41) is 8.77. The second kappa shape index (κ2) is 4.25. The molecule has 0 bridgehead atoms. The van der Waals surface area contributed by atoms with Gasteiger partial charge in [0.25, 0.3) is 0 Å². The van der Waals surface area contributed by atoms with Crippen LogP contribution in [-0.2, 0) is 12.1 Å². The molecule has 0 aromatic heterocycles. The van der Waals surface area contributed by atoms with Crippen molar-refractivity contribution in [2.24, 2.45) is 0 Å². The molecule has 0 saturated carbocycles. The second-order valence-corrected chi connectivity index (χ2v) is 4.47. The zero-order valence-electron chi connectivity index (χ0n) is 9.92. The lowest BCUT2D eigenvalue weighted by Gasteiger charge is -2.24. The van der Waals surface area contributed by atoms with Crippen molar-refractivity contribution in [2.75, 3.05) is 13.2 Å². The molecule has 1 heterocycles. The Labute approximate surface area is 99.8 Å². The van der Waals surface area contributed by atoms with E-state index in [-0.39, 0.29) is 6.42 Å². The number of fused-ring (bicyclic) bond motifs is 1. The van der Waals surface area contributed by atoms with Crippen LogP contribution in [0.15, 0.2) is 12.1 Å². The minimum Gasteiger partial charge on any atom is -0.486 e. The SMILES string of the molecule is CC(C)(F)c1cc(CC#N)c2c(c1)OCCO2. The van der Waals surface area contributed by atoms with Crippen LogP contribution < -0.4 is 9.47 Å². The van der Waals surface area contributed by atoms with Crippen molar-refractivity contribution in [1.29, 1.82) is 5.26 Å². The first kappa shape index (κ1) is 11.7. The molecule has 0 aliphatic carbocycles. The molecule has 0 unspecified atom stereocenters. The van der Waals surface area contributed by atoms with Crippen LogP contribution in [0.25, 0.3) is 0 Å². The van der Waals surface area contributed by atoms with Gasteiger partial charge in [-0.2, -0.15) is 5.26 Å². The molecule has 0 fully saturated rings. The van der Waals surface area contributed by atoms with Crippen LogP contribution in [0, 0.1) is 11.3 Å². The molecule has 3 nitrogen and oxygen atoms in total. The zero-order chi connectivity index (χ0) is 12.5. The van der Waals surface area contributed by atoms with Crippen LogP contribution >= 0.6 is 0 Å². The molecule has 2 rings (SSSR count). The summed E-state index contributed by atoms with van der Waals surface area (Å²) >= 11 is 0. The van der Waals surface area contributed by atoms with Crippen LogP contribution in [0.5, 0.6) is 11.5 Å². The Morgan fingerprint density at radius 1 is 1.35 bits per heavy atom. The summed E-state index contributed by atoms with van der Waals surface area (Å²) in [5.74, 6) is 1.11. The number of halogens is 1. The number of nitriles is 1. The van der Waals surface area contributed by atoms with Crippen LogP contribution in [0.4, 0.5) is 4.39 Å². The molecule has 0 atom stereocenters. The molecular weight excluding hydrogens is 221 g/mol. The number of ether oxygens (including phenoxy) is 2. The highest BCUT2D eigenvalue weighted by Crippen LogP contribution is 2.39. The summed E-state index contributed by atoms with van der Waals surface area (Å²) in [6.45, 7) is 3.88. The summed E-state index contributed by atoms with van der Waals surface area (Å²) in [6.07, 6.45) is 0.190. The van der Waals surface area contributed by atoms with E-state index in [1.165, 1.54) is 13.8 Å². The first-order valence-corrected chi connectivity index (χ1v) is 5.51. The van der Waals surface area contributed by atoms with Crippen molar-refractivity contribution in [1.82, 2.24) is 0 Å². The van der Waals surface area contributed by atoms with Crippen molar-refractivity contribution in [3.63, 3.8) is 0 Å². The maximum atomic E-state index is 13.9. The Hall–Kier alpha value is -1.76. The van der Waals surface area contributed by atoms with E-state index in [9.17, 15) is 4.39 Å². The molecule has 4 heteroatoms. The number of alkyl halides is 1. The zero-order valence-corrected chi connectivity index (χ0v) is 9.92. The standard InChI is InChI=1S/C13H14FNO2/c1-13(2,14)10-7-9(3-4-15)12-11(8-10)16-5-6-17-12/h7-8H,3,5-6H2,1-2H3. The maximum absolute atomic E-state index is 13.9. The summed E-state index contributed by atoms with van der Waals surface area (Å²) in [7, 11) is 0. The van der Waals surface area contributed by atoms with E-state index < -0.39 is 5.67 Å². The number of benzene rings is 1. The van der Waals surface area contributed by atoms with Crippen molar-refractivity contribution in [3.05, 3.63) is 23.3 Å². The summed E-state index contributed by atoms with van der Waals surface area (Å²) in [4.78, 5) is 0. The average molecular weight is 235 g/mol. The summed E-state index contributed by atoms with van der Waals surface area (Å²) < 4.78 is 24.9. The van der Waals surface area contributed by atoms with Gasteiger partial charge >= 0.3 is 0 Å². The van der Waals surface area contributed by atoms with Gasteiger partial charge in [0, 0.05) is 5.56 Å². The third-order valence-corrected chi connectivity index (χ3v) is 2.68. The highest BCUT2D eigenvalue weighted by molar-refractivity contribution is 5.52. The molecule has 17 heavy (non-hydrogen) atoms. The van der Waals surface area contributed by atoms with Crippen molar-refractivity contribution < 1.29 is 13.9 Å². The van der Waals surface area contributed by atoms with Crippen LogP contribution in [0.3, 0.4) is 0 Å². The van der Waals surface area contributed by atoms with Gasteiger partial charge in [-0.1, -0.05) is 0 Å². The Kier molecular flexibility index (Phi) is 2.93. The quantitative estimate of drug-likeness (QED) is 0.791. The Balaban J connectivity index is 2.53. The van der Waals surface area contributed by atoms with Gasteiger partial charge in [-0.25, -0.2) is 4.39 Å². The average Bonchev–Trinajstić information content (AvgIpc) is 2.28. The third kappa shape index (κ3) is 2.33. The molecule has 1 aliphatic heterocycles. The van der Waals surface area contributed by atoms with Gasteiger partial charge in [0.1, 0.15) is 18.9 Å². The molecule has 1 aliphatic rings. The van der Waals surface area contributed by atoms with Gasteiger partial charge in [-0.05, 0) is 31.5 Å². The fourth-order valence-corrected chi connectivity index (χ4v) is 1.79. The van der Waals surface area contributed by atoms with E-state index in [4.69, 9.17) is 14.7 Å². The lowest BCUT2D eigenvalue weighted by atomic mass is 9.96. The van der Waals surface area contributed by atoms with E-state index in [1.807, 2.05) is 0 Å². The lowest BCUT2D eigenvalue weighted by Crippen LogP contribution is -2.18. The van der Waals surface area contributed by atoms with Crippen LogP contribution in [-0.4, -0.2) is 13.2 Å². The van der Waals surface area contributed by atoms with E-state index in [2.05, 4.69) is 6.07 Å². The largest absolute Gasteiger partial charge is 0.486 e. The first-order chi connectivity index (χ1) is 8.02. The molecular formula is C13H14FNO2. The minimum atomic E-state index is -1.46. The molecule has 90 valence electrons. The van der Waals surface area contributed by atoms with Gasteiger partial charge in [0.05, 0.1) is 12.5 Å². The summed E-state index contributed by atoms with van der Waals surface area (Å²) in [6, 6.07) is 5.38. The molecule has 0 spiro atoms. The molecule has 0 N–H and O–H groups in total. The maximum Gasteiger partial charge on any atom is 0.165 e. The van der Waals surface area contributed by atoms with Gasteiger partial charge in [-0.3, -0.25) is 0 Å². The monoisotopic (exact) mass is 235 g/mol. The molecule has 1 aromatic carbocycles. The van der Waals surface area contributed by atoms with E-state index >= 15 is 0 Å². The van der Waals surface area contributed by atoms with Crippen molar-refractivity contribution in [3.8, 4) is 17.6 Å². The Morgan fingerprint density at radius 3 is 2.71 bits per heavy atom. The van der Waals surface area contributed by atoms with E-state index in [0.717, 1.165) is 0 Å². The van der Waals surface area contributed by atoms with Crippen LogP contribution in [0.1, 0.15) is 25.0 Å². The first-order valence-electron chi connectivity index (χ1n) is 5.51. The number of hydrogen-bond donors (Lipinski definition) is 0. The number of rotatable bonds is 2. The smallest absolute Gasteiger partial charge is 0.165 e. The van der Waals surface area contributed by atoms with Gasteiger partial charge in [0.2, 0.25) is 0 Å². The van der Waals surface area contributed by atoms with Crippen LogP contribution in [0.2, 0.25) is 0 Å². The molecule has 0 amide bonds. The predicted molar refractivity (Wildman–Crippen MR) is 60.9 cm³/mol. The predicted octanol–water partition coefficient (Wildman–Crippen LogP) is 2.73. The Morgan fingerprint density at radius 2 is 2.06 bits per heavy atom. The summed E-state index contributed by atoms with van der Waals surface area (Å²) in [5.41, 5.74) is -0.266. The fraction of sp³-hybridized carbons (Fsp3) is 0.462. The number of hydrogen-bond acceptors (Lipinski definition) is 3. The third-order valence-electron chi connectivity index (χ3n) is 2.68. The van der Waals surface area contributed by atoms with Gasteiger partial charge in [0.15, 0.2) is 11.5 Å². The number of nitrogens with zero attached hydrogens (tertiary/aromatic N) is 1. The fourth-order valence-electron chi connectivity index (χ4n) is 1.79. The molecule has 0 saturated heterocycles. The highest BCUT2D eigenvalue weighted by Gasteiger charge is 2.25. The minimum absolute atomic E-state index is 0.190. The second-order valence-electron chi connectivity index (χ2n) is 4.47. The van der Waals surface area contributed by atoms with Gasteiger partial charge in [-0.15, -0.1) is 0 Å². The molecule has 1 aromatic rings. The van der Waals surface area contributed by atoms with E-state index in [1.54, 1.807) is 12.1 Å². The van der Waals surface area contributed by atoms with Crippen molar-refractivity contribution in [2.45, 2.75) is 25.9 Å². The molecule has 0 radical (unpaired) electrons. The van der Waals surface area contributed by atoms with E-state index in [0.29, 0.717) is 35.8 Å². The van der Waals surface area contributed by atoms with Crippen molar-refractivity contribution >= 4 is 0 Å². The van der Waals surface area contributed by atoms with Gasteiger partial charge < -0.3 is 9.47 Å². The highest BCUT2D eigenvalue weighted by atomic mass is 19.1. The Bertz CT molecular complexity index is 472. The topological polar surface area (TPSA) is 42.2 Å².